The Morgan fingerprint density at radius 2 is 1.78 bits per heavy atom. The smallest absolute Gasteiger partial charge is 0.0736 e. The van der Waals surface area contributed by atoms with E-state index in [0.29, 0.717) is 21.4 Å². The molecule has 1 N–H and O–H groups in total. The van der Waals surface area contributed by atoms with Crippen molar-refractivity contribution >= 4 is 40.5 Å². The molecule has 0 aliphatic rings. The van der Waals surface area contributed by atoms with Crippen LogP contribution in [0.1, 0.15) is 10.4 Å². The summed E-state index contributed by atoms with van der Waals surface area (Å²) in [4.78, 5) is 10.9. The normalized spacial score (nSPS) is 10.1. The summed E-state index contributed by atoms with van der Waals surface area (Å²) in [6, 6.07) is 11.4. The molecule has 2 aromatic rings. The minimum Gasteiger partial charge on any atom is -0.545 e. The molecule has 0 amide bonds. The Kier molecular flexibility index (Phi) is 3.75. The highest BCUT2D eigenvalue weighted by molar-refractivity contribution is 6.36. The lowest BCUT2D eigenvalue weighted by Crippen LogP contribution is -2.23. The van der Waals surface area contributed by atoms with Gasteiger partial charge in [0.25, 0.3) is 0 Å². The molecule has 0 aliphatic heterocycles. The first-order valence-electron chi connectivity index (χ1n) is 5.10. The molecular weight excluding hydrogens is 273 g/mol. The van der Waals surface area contributed by atoms with Crippen LogP contribution in [0, 0.1) is 0 Å². The number of para-hydroxylation sites is 1. The number of hydrogen-bond acceptors (Lipinski definition) is 3. The molecule has 0 spiro atoms. The van der Waals surface area contributed by atoms with Crippen LogP contribution in [0.15, 0.2) is 42.5 Å². The molecule has 2 rings (SSSR count). The Balaban J connectivity index is 2.37. The van der Waals surface area contributed by atoms with E-state index in [-0.39, 0.29) is 5.56 Å². The summed E-state index contributed by atoms with van der Waals surface area (Å²) in [5.41, 5.74) is 1.07. The Bertz CT molecular complexity index is 599. The molecule has 0 saturated heterocycles. The molecule has 18 heavy (non-hydrogen) atoms. The van der Waals surface area contributed by atoms with Gasteiger partial charge in [0.1, 0.15) is 0 Å². The maximum atomic E-state index is 10.9. The maximum absolute atomic E-state index is 10.9. The zero-order chi connectivity index (χ0) is 13.1. The first kappa shape index (κ1) is 12.7. The number of carboxylic acids is 1. The molecule has 2 aromatic carbocycles. The molecule has 5 heteroatoms. The minimum atomic E-state index is -1.25. The van der Waals surface area contributed by atoms with Crippen molar-refractivity contribution in [1.29, 1.82) is 0 Å². The Morgan fingerprint density at radius 1 is 1.06 bits per heavy atom. The number of carbonyl (C=O) groups excluding carboxylic acids is 1. The fourth-order valence-corrected chi connectivity index (χ4v) is 1.96. The second-order valence-corrected chi connectivity index (χ2v) is 4.43. The predicted octanol–water partition coefficient (Wildman–Crippen LogP) is 3.10. The van der Waals surface area contributed by atoms with Crippen LogP contribution in [0.25, 0.3) is 0 Å². The lowest BCUT2D eigenvalue weighted by Gasteiger charge is -2.13. The van der Waals surface area contributed by atoms with Gasteiger partial charge in [0.05, 0.1) is 16.7 Å². The fourth-order valence-electron chi connectivity index (χ4n) is 1.51. The topological polar surface area (TPSA) is 52.2 Å². The third kappa shape index (κ3) is 2.75. The summed E-state index contributed by atoms with van der Waals surface area (Å²) in [6.07, 6.45) is 0. The van der Waals surface area contributed by atoms with Crippen LogP contribution in [-0.2, 0) is 0 Å². The number of carboxylic acid groups (broad SMARTS) is 1. The van der Waals surface area contributed by atoms with Gasteiger partial charge >= 0.3 is 0 Å². The van der Waals surface area contributed by atoms with E-state index < -0.39 is 5.97 Å². The van der Waals surface area contributed by atoms with E-state index >= 15 is 0 Å². The Morgan fingerprint density at radius 3 is 2.44 bits per heavy atom. The van der Waals surface area contributed by atoms with Gasteiger partial charge in [-0.1, -0.05) is 41.4 Å². The van der Waals surface area contributed by atoms with Crippen LogP contribution in [0.4, 0.5) is 11.4 Å². The lowest BCUT2D eigenvalue weighted by atomic mass is 10.1. The number of rotatable bonds is 3. The van der Waals surface area contributed by atoms with Crippen molar-refractivity contribution in [1.82, 2.24) is 0 Å². The summed E-state index contributed by atoms with van der Waals surface area (Å²) in [5, 5.41) is 14.8. The monoisotopic (exact) mass is 280 g/mol. The van der Waals surface area contributed by atoms with Crippen molar-refractivity contribution in [3.05, 3.63) is 58.1 Å². The van der Waals surface area contributed by atoms with E-state index in [1.807, 2.05) is 0 Å². The van der Waals surface area contributed by atoms with Crippen molar-refractivity contribution < 1.29 is 9.90 Å². The quantitative estimate of drug-likeness (QED) is 0.940. The molecule has 0 radical (unpaired) electrons. The molecule has 0 heterocycles. The molecule has 0 bridgehead atoms. The summed E-state index contributed by atoms with van der Waals surface area (Å²) in [6.45, 7) is 0. The summed E-state index contributed by atoms with van der Waals surface area (Å²) < 4.78 is 0. The van der Waals surface area contributed by atoms with Gasteiger partial charge in [-0.05, 0) is 24.3 Å². The van der Waals surface area contributed by atoms with Crippen molar-refractivity contribution in [2.24, 2.45) is 0 Å². The van der Waals surface area contributed by atoms with Gasteiger partial charge in [0, 0.05) is 16.3 Å². The van der Waals surface area contributed by atoms with Crippen molar-refractivity contribution in [3.63, 3.8) is 0 Å². The van der Waals surface area contributed by atoms with Crippen LogP contribution in [0.2, 0.25) is 10.0 Å². The number of hydrogen-bond donors (Lipinski definition) is 1. The first-order valence-corrected chi connectivity index (χ1v) is 5.86. The zero-order valence-corrected chi connectivity index (χ0v) is 10.6. The third-order valence-corrected chi connectivity index (χ3v) is 2.90. The van der Waals surface area contributed by atoms with Gasteiger partial charge in [-0.2, -0.15) is 0 Å². The van der Waals surface area contributed by atoms with E-state index in [1.165, 1.54) is 6.07 Å². The van der Waals surface area contributed by atoms with E-state index in [1.54, 1.807) is 36.4 Å². The second kappa shape index (κ2) is 5.29. The average molecular weight is 281 g/mol. The van der Waals surface area contributed by atoms with Gasteiger partial charge in [-0.15, -0.1) is 0 Å². The number of aromatic carboxylic acids is 1. The summed E-state index contributed by atoms with van der Waals surface area (Å²) in [5.74, 6) is -1.25. The van der Waals surface area contributed by atoms with Gasteiger partial charge in [0.2, 0.25) is 0 Å². The first-order chi connectivity index (χ1) is 8.58. The van der Waals surface area contributed by atoms with Crippen LogP contribution < -0.4 is 10.4 Å². The SMILES string of the molecule is O=C([O-])c1ccccc1Nc1ccc(Cl)cc1Cl. The number of nitrogens with one attached hydrogen (secondary N) is 1. The van der Waals surface area contributed by atoms with Gasteiger partial charge < -0.3 is 15.2 Å². The van der Waals surface area contributed by atoms with Crippen molar-refractivity contribution in [2.75, 3.05) is 5.32 Å². The van der Waals surface area contributed by atoms with E-state index in [4.69, 9.17) is 23.2 Å². The third-order valence-electron chi connectivity index (χ3n) is 2.35. The number of carbonyl (C=O) groups is 1. The van der Waals surface area contributed by atoms with Crippen molar-refractivity contribution in [2.45, 2.75) is 0 Å². The lowest BCUT2D eigenvalue weighted by molar-refractivity contribution is -0.254. The molecule has 0 saturated carbocycles. The average Bonchev–Trinajstić information content (AvgIpc) is 2.33. The van der Waals surface area contributed by atoms with Crippen molar-refractivity contribution in [3.8, 4) is 0 Å². The Hall–Kier alpha value is -1.71. The van der Waals surface area contributed by atoms with E-state index in [2.05, 4.69) is 5.32 Å². The van der Waals surface area contributed by atoms with Gasteiger partial charge in [-0.25, -0.2) is 0 Å². The standard InChI is InChI=1S/C13H9Cl2NO2/c14-8-5-6-12(10(15)7-8)16-11-4-2-1-3-9(11)13(17)18/h1-7,16H,(H,17,18)/p-1. The van der Waals surface area contributed by atoms with E-state index in [9.17, 15) is 9.90 Å². The fraction of sp³-hybridized carbons (Fsp3) is 0. The second-order valence-electron chi connectivity index (χ2n) is 3.58. The molecule has 0 aromatic heterocycles. The minimum absolute atomic E-state index is 0.0727. The predicted molar refractivity (Wildman–Crippen MR) is 70.5 cm³/mol. The number of halogens is 2. The molecule has 92 valence electrons. The largest absolute Gasteiger partial charge is 0.545 e. The molecule has 0 fully saturated rings. The number of benzene rings is 2. The Labute approximate surface area is 114 Å². The summed E-state index contributed by atoms with van der Waals surface area (Å²) in [7, 11) is 0. The number of anilines is 2. The van der Waals surface area contributed by atoms with Gasteiger partial charge in [-0.3, -0.25) is 0 Å². The zero-order valence-electron chi connectivity index (χ0n) is 9.11. The highest BCUT2D eigenvalue weighted by atomic mass is 35.5. The highest BCUT2D eigenvalue weighted by Gasteiger charge is 2.05. The molecule has 0 unspecified atom stereocenters. The van der Waals surface area contributed by atoms with Crippen LogP contribution in [0.5, 0.6) is 0 Å². The molecule has 0 aliphatic carbocycles. The highest BCUT2D eigenvalue weighted by Crippen LogP contribution is 2.29. The molecule has 0 atom stereocenters. The summed E-state index contributed by atoms with van der Waals surface area (Å²) >= 11 is 11.8. The van der Waals surface area contributed by atoms with Crippen LogP contribution in [0.3, 0.4) is 0 Å². The van der Waals surface area contributed by atoms with E-state index in [0.717, 1.165) is 0 Å². The maximum Gasteiger partial charge on any atom is 0.0736 e. The van der Waals surface area contributed by atoms with Gasteiger partial charge in [0.15, 0.2) is 0 Å². The van der Waals surface area contributed by atoms with Crippen LogP contribution in [-0.4, -0.2) is 5.97 Å². The molecular formula is C13H8Cl2NO2-. The molecule has 3 nitrogen and oxygen atoms in total. The van der Waals surface area contributed by atoms with Crippen LogP contribution >= 0.6 is 23.2 Å².